The van der Waals surface area contributed by atoms with E-state index in [-0.39, 0.29) is 30.2 Å². The number of imide groups is 1. The van der Waals surface area contributed by atoms with Gasteiger partial charge in [-0.15, -0.1) is 0 Å². The predicted octanol–water partition coefficient (Wildman–Crippen LogP) is 0.00830. The van der Waals surface area contributed by atoms with Crippen LogP contribution in [0.1, 0.15) is 27.1 Å². The molecule has 0 radical (unpaired) electrons. The highest BCUT2D eigenvalue weighted by atomic mass is 16.2. The molecule has 1 fully saturated rings. The lowest BCUT2D eigenvalue weighted by Crippen LogP contribution is -2.40. The molecular weight excluding hydrogens is 270 g/mol. The summed E-state index contributed by atoms with van der Waals surface area (Å²) < 4.78 is 0. The zero-order valence-corrected chi connectivity index (χ0v) is 11.6. The van der Waals surface area contributed by atoms with Gasteiger partial charge >= 0.3 is 0 Å². The number of nitrogens with one attached hydrogen (secondary N) is 2. The predicted molar refractivity (Wildman–Crippen MR) is 75.8 cm³/mol. The molecule has 2 aliphatic rings. The smallest absolute Gasteiger partial charge is 0.261 e. The number of amides is 3. The molecule has 6 nitrogen and oxygen atoms in total. The van der Waals surface area contributed by atoms with Gasteiger partial charge in [0.15, 0.2) is 0 Å². The largest absolute Gasteiger partial charge is 0.354 e. The number of carbonyl (C=O) groups is 3. The van der Waals surface area contributed by atoms with Gasteiger partial charge in [0.05, 0.1) is 17.0 Å². The summed E-state index contributed by atoms with van der Waals surface area (Å²) in [5.74, 6) is -0.594. The third-order valence-electron chi connectivity index (χ3n) is 3.94. The van der Waals surface area contributed by atoms with Crippen molar-refractivity contribution in [2.75, 3.05) is 26.2 Å². The summed E-state index contributed by atoms with van der Waals surface area (Å²) in [6.45, 7) is 2.05. The van der Waals surface area contributed by atoms with E-state index < -0.39 is 0 Å². The molecule has 2 aliphatic heterocycles. The van der Waals surface area contributed by atoms with Crippen molar-refractivity contribution in [2.24, 2.45) is 5.92 Å². The highest BCUT2D eigenvalue weighted by molar-refractivity contribution is 6.21. The van der Waals surface area contributed by atoms with Crippen LogP contribution in [0, 0.1) is 5.92 Å². The van der Waals surface area contributed by atoms with Crippen molar-refractivity contribution in [1.82, 2.24) is 15.5 Å². The molecule has 3 amide bonds. The van der Waals surface area contributed by atoms with Gasteiger partial charge < -0.3 is 10.6 Å². The summed E-state index contributed by atoms with van der Waals surface area (Å²) >= 11 is 0. The molecule has 1 aromatic carbocycles. The third kappa shape index (κ3) is 2.54. The molecule has 110 valence electrons. The minimum atomic E-state index is -0.285. The van der Waals surface area contributed by atoms with Crippen molar-refractivity contribution in [3.05, 3.63) is 35.4 Å². The monoisotopic (exact) mass is 287 g/mol. The third-order valence-corrected chi connectivity index (χ3v) is 3.94. The summed E-state index contributed by atoms with van der Waals surface area (Å²) in [6.07, 6.45) is 0.832. The van der Waals surface area contributed by atoms with E-state index in [4.69, 9.17) is 0 Å². The lowest BCUT2D eigenvalue weighted by atomic mass is 10.1. The molecule has 2 heterocycles. The molecule has 3 rings (SSSR count). The molecule has 1 saturated heterocycles. The zero-order valence-electron chi connectivity index (χ0n) is 11.6. The summed E-state index contributed by atoms with van der Waals surface area (Å²) in [4.78, 5) is 37.3. The van der Waals surface area contributed by atoms with Gasteiger partial charge in [0.1, 0.15) is 0 Å². The molecule has 6 heteroatoms. The van der Waals surface area contributed by atoms with E-state index in [1.54, 1.807) is 24.3 Å². The lowest BCUT2D eigenvalue weighted by molar-refractivity contribution is -0.124. The summed E-state index contributed by atoms with van der Waals surface area (Å²) in [7, 11) is 0. The average molecular weight is 287 g/mol. The minimum Gasteiger partial charge on any atom is -0.354 e. The van der Waals surface area contributed by atoms with Gasteiger partial charge in [-0.3, -0.25) is 19.3 Å². The van der Waals surface area contributed by atoms with Gasteiger partial charge in [-0.1, -0.05) is 12.1 Å². The van der Waals surface area contributed by atoms with Crippen LogP contribution < -0.4 is 10.6 Å². The number of hydrogen-bond acceptors (Lipinski definition) is 4. The lowest BCUT2D eigenvalue weighted by Gasteiger charge is -2.15. The average Bonchev–Trinajstić information content (AvgIpc) is 3.11. The van der Waals surface area contributed by atoms with Crippen LogP contribution >= 0.6 is 0 Å². The SMILES string of the molecule is O=C(NCCN1C(=O)c2ccccc2C1=O)C1CCNC1. The number of benzene rings is 1. The van der Waals surface area contributed by atoms with E-state index in [2.05, 4.69) is 10.6 Å². The molecule has 1 atom stereocenters. The molecule has 0 aliphatic carbocycles. The Balaban J connectivity index is 1.56. The van der Waals surface area contributed by atoms with Gasteiger partial charge in [0.2, 0.25) is 5.91 Å². The fourth-order valence-electron chi connectivity index (χ4n) is 2.76. The standard InChI is InChI=1S/C15H17N3O3/c19-13(10-5-6-16-9-10)17-7-8-18-14(20)11-3-1-2-4-12(11)15(18)21/h1-4,10,16H,5-9H2,(H,17,19). The van der Waals surface area contributed by atoms with Crippen LogP contribution in [-0.4, -0.2) is 48.8 Å². The van der Waals surface area contributed by atoms with E-state index in [0.717, 1.165) is 13.0 Å². The Morgan fingerprint density at radius 1 is 1.24 bits per heavy atom. The van der Waals surface area contributed by atoms with E-state index in [0.29, 0.717) is 24.2 Å². The van der Waals surface area contributed by atoms with Gasteiger partial charge in [-0.25, -0.2) is 0 Å². The number of fused-ring (bicyclic) bond motifs is 1. The van der Waals surface area contributed by atoms with Crippen LogP contribution in [0.5, 0.6) is 0 Å². The molecule has 1 unspecified atom stereocenters. The maximum Gasteiger partial charge on any atom is 0.261 e. The first-order valence-electron chi connectivity index (χ1n) is 7.12. The topological polar surface area (TPSA) is 78.5 Å². The second-order valence-corrected chi connectivity index (χ2v) is 5.29. The fourth-order valence-corrected chi connectivity index (χ4v) is 2.76. The van der Waals surface area contributed by atoms with E-state index in [1.807, 2.05) is 0 Å². The first-order valence-corrected chi connectivity index (χ1v) is 7.12. The maximum atomic E-state index is 12.1. The molecule has 0 bridgehead atoms. The number of rotatable bonds is 4. The van der Waals surface area contributed by atoms with Gasteiger partial charge in [-0.2, -0.15) is 0 Å². The molecule has 0 spiro atoms. The molecule has 0 aromatic heterocycles. The maximum absolute atomic E-state index is 12.1. The van der Waals surface area contributed by atoms with Gasteiger partial charge in [0, 0.05) is 19.6 Å². The summed E-state index contributed by atoms with van der Waals surface area (Å²) in [6, 6.07) is 6.78. The van der Waals surface area contributed by atoms with E-state index in [1.165, 1.54) is 4.90 Å². The Hall–Kier alpha value is -2.21. The number of carbonyl (C=O) groups excluding carboxylic acids is 3. The van der Waals surface area contributed by atoms with Gasteiger partial charge in [0.25, 0.3) is 11.8 Å². The summed E-state index contributed by atoms with van der Waals surface area (Å²) in [5.41, 5.74) is 0.877. The van der Waals surface area contributed by atoms with Crippen LogP contribution in [-0.2, 0) is 4.79 Å². The van der Waals surface area contributed by atoms with Crippen molar-refractivity contribution in [2.45, 2.75) is 6.42 Å². The molecular formula is C15H17N3O3. The van der Waals surface area contributed by atoms with Crippen LogP contribution in [0.4, 0.5) is 0 Å². The van der Waals surface area contributed by atoms with Crippen molar-refractivity contribution in [1.29, 1.82) is 0 Å². The molecule has 1 aromatic rings. The minimum absolute atomic E-state index is 0.00724. The van der Waals surface area contributed by atoms with Crippen LogP contribution in [0.15, 0.2) is 24.3 Å². The van der Waals surface area contributed by atoms with Crippen molar-refractivity contribution in [3.8, 4) is 0 Å². The fraction of sp³-hybridized carbons (Fsp3) is 0.400. The van der Waals surface area contributed by atoms with E-state index >= 15 is 0 Å². The highest BCUT2D eigenvalue weighted by Gasteiger charge is 2.34. The van der Waals surface area contributed by atoms with Crippen molar-refractivity contribution < 1.29 is 14.4 Å². The number of hydrogen-bond donors (Lipinski definition) is 2. The van der Waals surface area contributed by atoms with Crippen molar-refractivity contribution in [3.63, 3.8) is 0 Å². The number of nitrogens with zero attached hydrogens (tertiary/aromatic N) is 1. The van der Waals surface area contributed by atoms with Gasteiger partial charge in [-0.05, 0) is 25.1 Å². The Morgan fingerprint density at radius 2 is 1.90 bits per heavy atom. The highest BCUT2D eigenvalue weighted by Crippen LogP contribution is 2.21. The first kappa shape index (κ1) is 13.8. The second kappa shape index (κ2) is 5.65. The quantitative estimate of drug-likeness (QED) is 0.765. The second-order valence-electron chi connectivity index (χ2n) is 5.29. The first-order chi connectivity index (χ1) is 10.2. The Kier molecular flexibility index (Phi) is 3.70. The zero-order chi connectivity index (χ0) is 14.8. The van der Waals surface area contributed by atoms with Crippen LogP contribution in [0.2, 0.25) is 0 Å². The normalized spacial score (nSPS) is 20.8. The van der Waals surface area contributed by atoms with E-state index in [9.17, 15) is 14.4 Å². The molecule has 21 heavy (non-hydrogen) atoms. The Morgan fingerprint density at radius 3 is 2.48 bits per heavy atom. The van der Waals surface area contributed by atoms with Crippen molar-refractivity contribution >= 4 is 17.7 Å². The Labute approximate surface area is 122 Å². The Bertz CT molecular complexity index is 559. The summed E-state index contributed by atoms with van der Waals surface area (Å²) in [5, 5.41) is 5.93. The van der Waals surface area contributed by atoms with Crippen LogP contribution in [0.25, 0.3) is 0 Å². The van der Waals surface area contributed by atoms with Crippen LogP contribution in [0.3, 0.4) is 0 Å². The molecule has 0 saturated carbocycles. The molecule has 2 N–H and O–H groups in total.